The monoisotopic (exact) mass is 252 g/mol. The fourth-order valence-electron chi connectivity index (χ4n) is 1.93. The van der Waals surface area contributed by atoms with Gasteiger partial charge in [0, 0.05) is 17.8 Å². The number of hydrogen-bond donors (Lipinski definition) is 4. The average molecular weight is 252 g/mol. The molecule has 0 bridgehead atoms. The molecule has 0 saturated carbocycles. The number of imide groups is 1. The first-order chi connectivity index (χ1) is 8.34. The summed E-state index contributed by atoms with van der Waals surface area (Å²) in [6.07, 6.45) is 0. The van der Waals surface area contributed by atoms with Gasteiger partial charge in [-0.25, -0.2) is 9.59 Å². The minimum Gasteiger partial charge on any atom is -0.336 e. The van der Waals surface area contributed by atoms with Gasteiger partial charge in [-0.05, 0) is 13.8 Å². The van der Waals surface area contributed by atoms with Crippen LogP contribution in [0.3, 0.4) is 0 Å². The van der Waals surface area contributed by atoms with E-state index in [2.05, 4.69) is 20.6 Å². The van der Waals surface area contributed by atoms with Crippen LogP contribution >= 0.6 is 0 Å². The van der Waals surface area contributed by atoms with Gasteiger partial charge in [-0.3, -0.25) is 19.9 Å². The molecule has 96 valence electrons. The Hall–Kier alpha value is -2.38. The quantitative estimate of drug-likeness (QED) is 0.484. The highest BCUT2D eigenvalue weighted by molar-refractivity contribution is 6.02. The summed E-state index contributed by atoms with van der Waals surface area (Å²) in [5.74, 6) is -0.560. The Morgan fingerprint density at radius 2 is 1.78 bits per heavy atom. The first-order valence-corrected chi connectivity index (χ1v) is 5.27. The second kappa shape index (κ2) is 3.83. The molecule has 0 aliphatic carbocycles. The van der Waals surface area contributed by atoms with Crippen LogP contribution in [0.1, 0.15) is 18.2 Å². The van der Waals surface area contributed by atoms with Gasteiger partial charge in [0.1, 0.15) is 5.41 Å². The van der Waals surface area contributed by atoms with Gasteiger partial charge in [0.05, 0.1) is 0 Å². The zero-order valence-electron chi connectivity index (χ0n) is 9.84. The van der Waals surface area contributed by atoms with Crippen molar-refractivity contribution in [2.45, 2.75) is 19.3 Å². The molecule has 1 atom stereocenters. The third-order valence-electron chi connectivity index (χ3n) is 3.06. The molecular weight excluding hydrogens is 240 g/mol. The second-order valence-corrected chi connectivity index (χ2v) is 4.38. The van der Waals surface area contributed by atoms with Crippen LogP contribution in [0.15, 0.2) is 9.59 Å². The number of rotatable bonds is 1. The molecule has 8 heteroatoms. The normalized spacial score (nSPS) is 23.4. The van der Waals surface area contributed by atoms with E-state index in [1.165, 1.54) is 6.92 Å². The molecule has 4 N–H and O–H groups in total. The lowest BCUT2D eigenvalue weighted by Crippen LogP contribution is -2.61. The number of carbonyl (C=O) groups excluding carboxylic acids is 2. The fourth-order valence-corrected chi connectivity index (χ4v) is 1.93. The van der Waals surface area contributed by atoms with Crippen LogP contribution in [0.4, 0.5) is 4.79 Å². The molecule has 2 rings (SSSR count). The largest absolute Gasteiger partial charge is 0.336 e. The number of nitrogens with one attached hydrogen (secondary N) is 4. The van der Waals surface area contributed by atoms with E-state index in [0.717, 1.165) is 0 Å². The maximum Gasteiger partial charge on any atom is 0.325 e. The molecule has 2 heterocycles. The number of aromatic amines is 2. The van der Waals surface area contributed by atoms with E-state index in [1.54, 1.807) is 6.92 Å². The zero-order valence-corrected chi connectivity index (χ0v) is 9.84. The van der Waals surface area contributed by atoms with Crippen molar-refractivity contribution >= 4 is 11.9 Å². The van der Waals surface area contributed by atoms with Gasteiger partial charge in [0.2, 0.25) is 5.91 Å². The van der Waals surface area contributed by atoms with Gasteiger partial charge < -0.3 is 10.3 Å². The minimum absolute atomic E-state index is 0.0118. The van der Waals surface area contributed by atoms with Crippen molar-refractivity contribution in [2.75, 3.05) is 6.54 Å². The lowest BCUT2D eigenvalue weighted by molar-refractivity contribution is -0.125. The number of aromatic nitrogens is 2. The van der Waals surface area contributed by atoms with Crippen molar-refractivity contribution in [2.24, 2.45) is 0 Å². The highest BCUT2D eigenvalue weighted by Crippen LogP contribution is 2.23. The summed E-state index contributed by atoms with van der Waals surface area (Å²) in [5, 5.41) is 4.57. The Morgan fingerprint density at radius 1 is 1.11 bits per heavy atom. The van der Waals surface area contributed by atoms with Crippen molar-refractivity contribution in [3.8, 4) is 0 Å². The molecule has 1 aromatic rings. The molecular formula is C10H12N4O4. The summed E-state index contributed by atoms with van der Waals surface area (Å²) in [7, 11) is 0. The van der Waals surface area contributed by atoms with Crippen molar-refractivity contribution < 1.29 is 9.59 Å². The smallest absolute Gasteiger partial charge is 0.325 e. The predicted octanol–water partition coefficient (Wildman–Crippen LogP) is -1.53. The van der Waals surface area contributed by atoms with Gasteiger partial charge >= 0.3 is 11.7 Å². The summed E-state index contributed by atoms with van der Waals surface area (Å²) in [5.41, 5.74) is -1.98. The first-order valence-electron chi connectivity index (χ1n) is 5.27. The molecule has 1 fully saturated rings. The van der Waals surface area contributed by atoms with E-state index in [1.807, 2.05) is 0 Å². The zero-order chi connectivity index (χ0) is 13.5. The van der Waals surface area contributed by atoms with Crippen LogP contribution in [0.5, 0.6) is 0 Å². The number of carbonyl (C=O) groups is 2. The summed E-state index contributed by atoms with van der Waals surface area (Å²) in [6, 6.07) is -0.595. The predicted molar refractivity (Wildman–Crippen MR) is 61.3 cm³/mol. The van der Waals surface area contributed by atoms with E-state index < -0.39 is 28.6 Å². The highest BCUT2D eigenvalue weighted by atomic mass is 16.2. The highest BCUT2D eigenvalue weighted by Gasteiger charge is 2.42. The van der Waals surface area contributed by atoms with Gasteiger partial charge in [-0.1, -0.05) is 0 Å². The Morgan fingerprint density at radius 3 is 2.39 bits per heavy atom. The number of urea groups is 1. The van der Waals surface area contributed by atoms with Crippen LogP contribution in [-0.2, 0) is 10.2 Å². The summed E-state index contributed by atoms with van der Waals surface area (Å²) < 4.78 is 0. The molecule has 1 aliphatic heterocycles. The lowest BCUT2D eigenvalue weighted by atomic mass is 9.82. The Bertz CT molecular complexity index is 644. The van der Waals surface area contributed by atoms with E-state index in [4.69, 9.17) is 0 Å². The van der Waals surface area contributed by atoms with E-state index in [0.29, 0.717) is 0 Å². The number of H-pyrrole nitrogens is 2. The maximum absolute atomic E-state index is 11.9. The van der Waals surface area contributed by atoms with Gasteiger partial charge in [0.15, 0.2) is 0 Å². The molecule has 1 saturated heterocycles. The molecule has 1 aromatic heterocycles. The third-order valence-corrected chi connectivity index (χ3v) is 3.06. The lowest BCUT2D eigenvalue weighted by Gasteiger charge is -2.32. The summed E-state index contributed by atoms with van der Waals surface area (Å²) >= 11 is 0. The van der Waals surface area contributed by atoms with Crippen molar-refractivity contribution in [1.82, 2.24) is 20.6 Å². The maximum atomic E-state index is 11.9. The van der Waals surface area contributed by atoms with Crippen molar-refractivity contribution in [3.05, 3.63) is 32.1 Å². The Labute approximate surface area is 101 Å². The van der Waals surface area contributed by atoms with Gasteiger partial charge in [-0.2, -0.15) is 0 Å². The fraction of sp³-hybridized carbons (Fsp3) is 0.400. The standard InChI is InChI=1S/C10H12N4O4/c1-4-5(12-9(18)13-6(4)15)10(2)3-11-8(17)14-7(10)16/h3H2,1-2H3,(H2,11,14,16,17)(H2,12,13,15,18). The van der Waals surface area contributed by atoms with Crippen LogP contribution in [-0.4, -0.2) is 28.5 Å². The third kappa shape index (κ3) is 1.71. The Balaban J connectivity index is 2.61. The molecule has 0 radical (unpaired) electrons. The molecule has 0 aromatic carbocycles. The van der Waals surface area contributed by atoms with Gasteiger partial charge in [-0.15, -0.1) is 0 Å². The molecule has 3 amide bonds. The van der Waals surface area contributed by atoms with Gasteiger partial charge in [0.25, 0.3) is 5.56 Å². The van der Waals surface area contributed by atoms with Crippen molar-refractivity contribution in [3.63, 3.8) is 0 Å². The van der Waals surface area contributed by atoms with Crippen LogP contribution in [0.2, 0.25) is 0 Å². The first kappa shape index (κ1) is 12.1. The molecule has 1 aliphatic rings. The number of amides is 3. The Kier molecular flexibility index (Phi) is 2.57. The van der Waals surface area contributed by atoms with Crippen molar-refractivity contribution in [1.29, 1.82) is 0 Å². The van der Waals surface area contributed by atoms with E-state index >= 15 is 0 Å². The molecule has 8 nitrogen and oxygen atoms in total. The summed E-state index contributed by atoms with van der Waals surface area (Å²) in [6.45, 7) is 3.05. The minimum atomic E-state index is -1.18. The molecule has 1 unspecified atom stereocenters. The second-order valence-electron chi connectivity index (χ2n) is 4.38. The summed E-state index contributed by atoms with van der Waals surface area (Å²) in [4.78, 5) is 50.3. The molecule has 18 heavy (non-hydrogen) atoms. The SMILES string of the molecule is Cc1c(C2(C)CNC(=O)NC2=O)[nH]c(=O)[nH]c1=O. The average Bonchev–Trinajstić information content (AvgIpc) is 2.29. The van der Waals surface area contributed by atoms with E-state index in [9.17, 15) is 19.2 Å². The van der Waals surface area contributed by atoms with E-state index in [-0.39, 0.29) is 17.8 Å². The number of hydrogen-bond acceptors (Lipinski definition) is 4. The van der Waals surface area contributed by atoms with Crippen LogP contribution in [0.25, 0.3) is 0 Å². The topological polar surface area (TPSA) is 124 Å². The van der Waals surface area contributed by atoms with Crippen LogP contribution in [0, 0.1) is 6.92 Å². The van der Waals surface area contributed by atoms with Crippen LogP contribution < -0.4 is 21.9 Å². The molecule has 0 spiro atoms.